The molecular weight excluding hydrogens is 312 g/mol. The molecule has 1 rings (SSSR count). The van der Waals surface area contributed by atoms with Gasteiger partial charge in [-0.3, -0.25) is 4.90 Å². The Morgan fingerprint density at radius 3 is 2.58 bits per heavy atom. The van der Waals surface area contributed by atoms with Crippen LogP contribution in [0, 0.1) is 0 Å². The van der Waals surface area contributed by atoms with E-state index in [0.29, 0.717) is 16.6 Å². The number of halogens is 1. The maximum absolute atomic E-state index is 11.9. The van der Waals surface area contributed by atoms with E-state index in [4.69, 9.17) is 4.74 Å². The summed E-state index contributed by atoms with van der Waals surface area (Å²) in [4.78, 5) is 28.6. The fourth-order valence-electron chi connectivity index (χ4n) is 1.40. The van der Waals surface area contributed by atoms with Crippen LogP contribution in [0.2, 0.25) is 0 Å². The Labute approximate surface area is 121 Å². The van der Waals surface area contributed by atoms with Crippen molar-refractivity contribution in [2.75, 3.05) is 7.05 Å². The van der Waals surface area contributed by atoms with Crippen LogP contribution in [-0.2, 0) is 9.53 Å². The molecule has 6 heteroatoms. The zero-order chi connectivity index (χ0) is 14.6. The number of aromatic nitrogens is 1. The topological polar surface area (TPSA) is 59.5 Å². The third-order valence-corrected chi connectivity index (χ3v) is 2.71. The molecule has 0 aliphatic carbocycles. The summed E-state index contributed by atoms with van der Waals surface area (Å²) in [6, 6.07) is 4.42. The van der Waals surface area contributed by atoms with Crippen molar-refractivity contribution in [3.8, 4) is 0 Å². The summed E-state index contributed by atoms with van der Waals surface area (Å²) in [5, 5.41) is 0. The summed E-state index contributed by atoms with van der Waals surface area (Å²) >= 11 is 3.23. The second kappa shape index (κ2) is 6.14. The smallest absolute Gasteiger partial charge is 0.410 e. The van der Waals surface area contributed by atoms with Gasteiger partial charge in [0, 0.05) is 7.05 Å². The molecule has 1 aromatic rings. The number of carbonyl (C=O) groups is 2. The largest absolute Gasteiger partial charge is 0.444 e. The van der Waals surface area contributed by atoms with Gasteiger partial charge in [-0.15, -0.1) is 0 Å². The molecule has 19 heavy (non-hydrogen) atoms. The number of hydrogen-bond acceptors (Lipinski definition) is 4. The van der Waals surface area contributed by atoms with E-state index < -0.39 is 17.7 Å². The minimum atomic E-state index is -0.771. The highest BCUT2D eigenvalue weighted by atomic mass is 79.9. The number of ether oxygens (including phenoxy) is 1. The molecule has 1 atom stereocenters. The molecule has 5 nitrogen and oxygen atoms in total. The van der Waals surface area contributed by atoms with E-state index in [9.17, 15) is 9.59 Å². The molecule has 104 valence electrons. The Bertz CT molecular complexity index is 471. The van der Waals surface area contributed by atoms with Crippen LogP contribution in [0.4, 0.5) is 4.79 Å². The van der Waals surface area contributed by atoms with Crippen molar-refractivity contribution in [3.63, 3.8) is 0 Å². The standard InChI is InChI=1S/C13H17BrN2O3/c1-13(2,3)19-12(18)16(4)10(8-17)9-6-5-7-11(14)15-9/h5-8,10H,1-4H3. The van der Waals surface area contributed by atoms with Crippen LogP contribution in [0.5, 0.6) is 0 Å². The summed E-state index contributed by atoms with van der Waals surface area (Å²) in [5.74, 6) is 0. The first-order chi connectivity index (χ1) is 8.74. The summed E-state index contributed by atoms with van der Waals surface area (Å²) in [6.07, 6.45) is 0.102. The van der Waals surface area contributed by atoms with Gasteiger partial charge in [-0.1, -0.05) is 6.07 Å². The van der Waals surface area contributed by atoms with E-state index in [0.717, 1.165) is 0 Å². The second-order valence-electron chi connectivity index (χ2n) is 5.06. The lowest BCUT2D eigenvalue weighted by atomic mass is 10.2. The van der Waals surface area contributed by atoms with E-state index in [1.165, 1.54) is 11.9 Å². The Kier molecular flexibility index (Phi) is 5.05. The quantitative estimate of drug-likeness (QED) is 0.632. The molecule has 0 bridgehead atoms. The molecule has 1 unspecified atom stereocenters. The van der Waals surface area contributed by atoms with Gasteiger partial charge in [-0.05, 0) is 48.8 Å². The van der Waals surface area contributed by atoms with Crippen molar-refractivity contribution in [1.82, 2.24) is 9.88 Å². The van der Waals surface area contributed by atoms with Crippen LogP contribution in [0.1, 0.15) is 32.5 Å². The van der Waals surface area contributed by atoms with Gasteiger partial charge in [0.1, 0.15) is 22.5 Å². The summed E-state index contributed by atoms with van der Waals surface area (Å²) in [6.45, 7) is 5.31. The number of hydrogen-bond donors (Lipinski definition) is 0. The Hall–Kier alpha value is -1.43. The summed E-state index contributed by atoms with van der Waals surface area (Å²) in [5.41, 5.74) is -0.124. The van der Waals surface area contributed by atoms with Crippen LogP contribution < -0.4 is 0 Å². The fraction of sp³-hybridized carbons (Fsp3) is 0.462. The second-order valence-corrected chi connectivity index (χ2v) is 5.87. The van der Waals surface area contributed by atoms with Crippen LogP contribution in [0.3, 0.4) is 0 Å². The fourth-order valence-corrected chi connectivity index (χ4v) is 1.75. The normalized spacial score (nSPS) is 12.7. The molecule has 0 aromatic carbocycles. The number of aldehydes is 1. The number of likely N-dealkylation sites (N-methyl/N-ethyl adjacent to an activating group) is 1. The summed E-state index contributed by atoms with van der Waals surface area (Å²) in [7, 11) is 1.51. The molecule has 1 heterocycles. The number of pyridine rings is 1. The zero-order valence-electron chi connectivity index (χ0n) is 11.4. The van der Waals surface area contributed by atoms with E-state index >= 15 is 0 Å². The molecule has 0 N–H and O–H groups in total. The van der Waals surface area contributed by atoms with Crippen LogP contribution in [-0.4, -0.2) is 34.9 Å². The highest BCUT2D eigenvalue weighted by molar-refractivity contribution is 9.10. The predicted octanol–water partition coefficient (Wildman–Crippen LogP) is 2.95. The van der Waals surface area contributed by atoms with Gasteiger partial charge in [0.05, 0.1) is 5.69 Å². The van der Waals surface area contributed by atoms with Crippen LogP contribution in [0.25, 0.3) is 0 Å². The van der Waals surface area contributed by atoms with Crippen molar-refractivity contribution in [2.45, 2.75) is 32.4 Å². The molecule has 0 spiro atoms. The third-order valence-electron chi connectivity index (χ3n) is 2.27. The number of amides is 1. The number of nitrogens with zero attached hydrogens (tertiary/aromatic N) is 2. The SMILES string of the molecule is CN(C(=O)OC(C)(C)C)C(C=O)c1cccc(Br)n1. The van der Waals surface area contributed by atoms with Gasteiger partial charge in [-0.2, -0.15) is 0 Å². The molecular formula is C13H17BrN2O3. The monoisotopic (exact) mass is 328 g/mol. The van der Waals surface area contributed by atoms with Gasteiger partial charge in [-0.25, -0.2) is 9.78 Å². The predicted molar refractivity (Wildman–Crippen MR) is 74.7 cm³/mol. The van der Waals surface area contributed by atoms with E-state index in [1.807, 2.05) is 0 Å². The molecule has 1 aromatic heterocycles. The first-order valence-corrected chi connectivity index (χ1v) is 6.57. The van der Waals surface area contributed by atoms with Crippen LogP contribution >= 0.6 is 15.9 Å². The minimum absolute atomic E-state index is 0.484. The Balaban J connectivity index is 2.91. The van der Waals surface area contributed by atoms with Gasteiger partial charge in [0.15, 0.2) is 0 Å². The molecule has 0 aliphatic heterocycles. The molecule has 0 aliphatic rings. The van der Waals surface area contributed by atoms with Crippen molar-refractivity contribution in [3.05, 3.63) is 28.5 Å². The molecule has 0 radical (unpaired) electrons. The maximum atomic E-state index is 11.9. The van der Waals surface area contributed by atoms with Gasteiger partial charge >= 0.3 is 6.09 Å². The Morgan fingerprint density at radius 2 is 2.11 bits per heavy atom. The minimum Gasteiger partial charge on any atom is -0.444 e. The van der Waals surface area contributed by atoms with E-state index in [2.05, 4.69) is 20.9 Å². The lowest BCUT2D eigenvalue weighted by Crippen LogP contribution is -2.37. The van der Waals surface area contributed by atoms with Gasteiger partial charge < -0.3 is 9.53 Å². The first kappa shape index (κ1) is 15.6. The maximum Gasteiger partial charge on any atom is 0.410 e. The van der Waals surface area contributed by atoms with Crippen molar-refractivity contribution in [2.24, 2.45) is 0 Å². The molecule has 0 saturated carbocycles. The molecule has 0 fully saturated rings. The number of carbonyl (C=O) groups excluding carboxylic acids is 2. The highest BCUT2D eigenvalue weighted by Gasteiger charge is 2.27. The molecule has 1 amide bonds. The average molecular weight is 329 g/mol. The summed E-state index contributed by atoms with van der Waals surface area (Å²) < 4.78 is 5.83. The lowest BCUT2D eigenvalue weighted by molar-refractivity contribution is -0.112. The lowest BCUT2D eigenvalue weighted by Gasteiger charge is -2.27. The van der Waals surface area contributed by atoms with Crippen molar-refractivity contribution < 1.29 is 14.3 Å². The average Bonchev–Trinajstić information content (AvgIpc) is 2.27. The number of rotatable bonds is 3. The van der Waals surface area contributed by atoms with Crippen LogP contribution in [0.15, 0.2) is 22.8 Å². The van der Waals surface area contributed by atoms with E-state index in [-0.39, 0.29) is 0 Å². The first-order valence-electron chi connectivity index (χ1n) is 5.78. The third kappa shape index (κ3) is 4.63. The van der Waals surface area contributed by atoms with Crippen molar-refractivity contribution in [1.29, 1.82) is 0 Å². The zero-order valence-corrected chi connectivity index (χ0v) is 13.0. The van der Waals surface area contributed by atoms with Gasteiger partial charge in [0.25, 0.3) is 0 Å². The van der Waals surface area contributed by atoms with Gasteiger partial charge in [0.2, 0.25) is 0 Å². The Morgan fingerprint density at radius 1 is 1.47 bits per heavy atom. The molecule has 0 saturated heterocycles. The van der Waals surface area contributed by atoms with Crippen molar-refractivity contribution >= 4 is 28.3 Å². The highest BCUT2D eigenvalue weighted by Crippen LogP contribution is 2.20. The van der Waals surface area contributed by atoms with E-state index in [1.54, 1.807) is 39.0 Å².